The molecule has 6 aromatic rings. The van der Waals surface area contributed by atoms with E-state index in [1.807, 2.05) is 72.5 Å². The molecule has 0 spiro atoms. The summed E-state index contributed by atoms with van der Waals surface area (Å²) in [5, 5.41) is 13.5. The van der Waals surface area contributed by atoms with Crippen LogP contribution in [-0.2, 0) is 21.5 Å². The van der Waals surface area contributed by atoms with Crippen LogP contribution in [0.3, 0.4) is 0 Å². The maximum atomic E-state index is 12.9. The third-order valence-electron chi connectivity index (χ3n) is 10.6. The number of amides is 1. The Kier molecular flexibility index (Phi) is 7.64. The summed E-state index contributed by atoms with van der Waals surface area (Å²) in [6.45, 7) is 4.72. The summed E-state index contributed by atoms with van der Waals surface area (Å²) >= 11 is 0. The van der Waals surface area contributed by atoms with Gasteiger partial charge in [0.1, 0.15) is 29.4 Å². The Morgan fingerprint density at radius 1 is 1.06 bits per heavy atom. The molecule has 1 saturated carbocycles. The van der Waals surface area contributed by atoms with Crippen molar-refractivity contribution in [1.29, 1.82) is 0 Å². The van der Waals surface area contributed by atoms with Crippen LogP contribution >= 0.6 is 0 Å². The predicted octanol–water partition coefficient (Wildman–Crippen LogP) is 5.75. The van der Waals surface area contributed by atoms with E-state index >= 15 is 0 Å². The molecule has 50 heavy (non-hydrogen) atoms. The Bertz CT molecular complexity index is 2170. The van der Waals surface area contributed by atoms with Gasteiger partial charge in [-0.2, -0.15) is 5.10 Å². The average molecular weight is 672 g/mol. The Labute approximate surface area is 288 Å². The van der Waals surface area contributed by atoms with E-state index in [2.05, 4.69) is 25.3 Å². The summed E-state index contributed by atoms with van der Waals surface area (Å²) in [6.07, 6.45) is 10.4. The van der Waals surface area contributed by atoms with Gasteiger partial charge in [-0.1, -0.05) is 41.6 Å². The van der Waals surface area contributed by atoms with Crippen molar-refractivity contribution in [1.82, 2.24) is 40.2 Å². The number of hydrogen-bond acceptors (Lipinski definition) is 11. The smallest absolute Gasteiger partial charge is 0.407 e. The summed E-state index contributed by atoms with van der Waals surface area (Å²) in [6, 6.07) is 15.6. The van der Waals surface area contributed by atoms with Crippen LogP contribution in [0.4, 0.5) is 10.6 Å². The van der Waals surface area contributed by atoms with Gasteiger partial charge in [0.25, 0.3) is 0 Å². The fourth-order valence-electron chi connectivity index (χ4n) is 8.04. The van der Waals surface area contributed by atoms with E-state index in [0.717, 1.165) is 78.1 Å². The van der Waals surface area contributed by atoms with Crippen molar-refractivity contribution in [3.8, 4) is 11.3 Å². The molecule has 1 N–H and O–H groups in total. The number of carbonyl (C=O) groups is 1. The first kappa shape index (κ1) is 30.6. The quantitative estimate of drug-likeness (QED) is 0.211. The van der Waals surface area contributed by atoms with Gasteiger partial charge >= 0.3 is 6.09 Å². The highest BCUT2D eigenvalue weighted by atomic mass is 16.5. The van der Waals surface area contributed by atoms with Crippen LogP contribution in [0.25, 0.3) is 33.3 Å². The number of alkyl carbamates (subject to hydrolysis) is 1. The number of aryl methyl sites for hydroxylation is 1. The van der Waals surface area contributed by atoms with Crippen LogP contribution in [0.2, 0.25) is 0 Å². The normalized spacial score (nSPS) is 23.1. The zero-order valence-electron chi connectivity index (χ0n) is 27.7. The second kappa shape index (κ2) is 12.5. The van der Waals surface area contributed by atoms with Gasteiger partial charge in [0.05, 0.1) is 23.6 Å². The highest BCUT2D eigenvalue weighted by Gasteiger charge is 2.68. The number of ether oxygens (including phenoxy) is 2. The number of nitrogens with zero attached hydrogens (tertiary/aromatic N) is 8. The molecule has 13 nitrogen and oxygen atoms in total. The minimum Gasteiger partial charge on any atom is -0.445 e. The van der Waals surface area contributed by atoms with Crippen LogP contribution in [0, 0.1) is 18.8 Å². The van der Waals surface area contributed by atoms with Gasteiger partial charge in [-0.05, 0) is 56.1 Å². The molecule has 1 aromatic carbocycles. The lowest BCUT2D eigenvalue weighted by atomic mass is 9.96. The van der Waals surface area contributed by atoms with Gasteiger partial charge in [0.2, 0.25) is 0 Å². The number of pyridine rings is 2. The third-order valence-corrected chi connectivity index (χ3v) is 10.6. The van der Waals surface area contributed by atoms with Crippen molar-refractivity contribution in [2.75, 3.05) is 31.1 Å². The third kappa shape index (κ3) is 5.32. The number of rotatable bonds is 8. The van der Waals surface area contributed by atoms with Crippen LogP contribution in [-0.4, -0.2) is 67.2 Å². The van der Waals surface area contributed by atoms with E-state index in [1.165, 1.54) is 0 Å². The molecule has 5 aromatic heterocycles. The van der Waals surface area contributed by atoms with Gasteiger partial charge in [-0.3, -0.25) is 9.97 Å². The largest absolute Gasteiger partial charge is 0.445 e. The molecular formula is C37H37N9O4. The summed E-state index contributed by atoms with van der Waals surface area (Å²) < 4.78 is 19.2. The number of carbonyl (C=O) groups excluding carboxylic acids is 1. The Morgan fingerprint density at radius 2 is 1.98 bits per heavy atom. The number of fused-ring (bicyclic) bond motifs is 3. The molecule has 3 fully saturated rings. The molecule has 9 rings (SSSR count). The molecule has 0 radical (unpaired) electrons. The molecule has 2 saturated heterocycles. The summed E-state index contributed by atoms with van der Waals surface area (Å²) in [5.74, 6) is 2.08. The summed E-state index contributed by atoms with van der Waals surface area (Å²) in [5.41, 5.74) is 5.19. The second-order valence-corrected chi connectivity index (χ2v) is 13.5. The van der Waals surface area contributed by atoms with Crippen molar-refractivity contribution < 1.29 is 18.8 Å². The average Bonchev–Trinajstić information content (AvgIpc) is 3.38. The van der Waals surface area contributed by atoms with Crippen molar-refractivity contribution in [3.63, 3.8) is 0 Å². The van der Waals surface area contributed by atoms with Crippen LogP contribution in [0.1, 0.15) is 48.9 Å². The van der Waals surface area contributed by atoms with Gasteiger partial charge in [-0.15, -0.1) is 0 Å². The molecule has 4 atom stereocenters. The van der Waals surface area contributed by atoms with E-state index < -0.39 is 6.09 Å². The maximum absolute atomic E-state index is 12.9. The number of aromatic nitrogens is 7. The first-order valence-corrected chi connectivity index (χ1v) is 17.3. The lowest BCUT2D eigenvalue weighted by Gasteiger charge is -2.27. The summed E-state index contributed by atoms with van der Waals surface area (Å²) in [7, 11) is 0. The molecule has 13 heteroatoms. The van der Waals surface area contributed by atoms with Crippen molar-refractivity contribution >= 4 is 34.0 Å². The first-order valence-electron chi connectivity index (χ1n) is 17.3. The van der Waals surface area contributed by atoms with Crippen LogP contribution in [0.5, 0.6) is 0 Å². The molecule has 3 aliphatic rings. The van der Waals surface area contributed by atoms with Gasteiger partial charge < -0.3 is 24.2 Å². The highest BCUT2D eigenvalue weighted by Crippen LogP contribution is 2.63. The number of anilines is 1. The minimum atomic E-state index is -0.448. The number of nitrogens with one attached hydrogen (secondary N) is 1. The molecule has 1 amide bonds. The fraction of sp³-hybridized carbons (Fsp3) is 0.378. The molecule has 7 heterocycles. The standard InChI is InChI=1S/C37H37N9O4/c1-23-16-30(44-50-23)37(22-41-36(47)49-21-24-8-3-2-4-9-24)27-12-14-45(20-28(27)37)31-19-40-34-33(26-17-38-18-29-25(26)10-7-13-39-29)43-46(35(34)42-31)32-11-5-6-15-48-32/h2-4,7-10,13,16-19,27-28,32H,5-6,11-12,14-15,20-22H2,1H3,(H,41,47)/t27-,28+,32?,37+/m1/s1. The molecule has 0 bridgehead atoms. The van der Waals surface area contributed by atoms with E-state index in [0.29, 0.717) is 35.9 Å². The first-order chi connectivity index (χ1) is 24.6. The van der Waals surface area contributed by atoms with Crippen LogP contribution < -0.4 is 10.2 Å². The second-order valence-electron chi connectivity index (χ2n) is 13.5. The van der Waals surface area contributed by atoms with Gasteiger partial charge in [0.15, 0.2) is 11.9 Å². The highest BCUT2D eigenvalue weighted by molar-refractivity contribution is 5.99. The van der Waals surface area contributed by atoms with E-state index in [-0.39, 0.29) is 24.2 Å². The summed E-state index contributed by atoms with van der Waals surface area (Å²) in [4.78, 5) is 34.3. The zero-order valence-corrected chi connectivity index (χ0v) is 27.7. The lowest BCUT2D eigenvalue weighted by Crippen LogP contribution is -2.36. The number of piperidine rings is 1. The predicted molar refractivity (Wildman–Crippen MR) is 184 cm³/mol. The lowest BCUT2D eigenvalue weighted by molar-refractivity contribution is -0.0368. The Morgan fingerprint density at radius 3 is 2.82 bits per heavy atom. The SMILES string of the molecule is Cc1cc([C@@]2(CNC(=O)OCc3ccccc3)[C@@H]3CCN(c4cnc5c(-c6cncc7ncccc67)nn(C6CCCCO6)c5n4)C[C@@H]32)no1. The number of benzene rings is 1. The van der Waals surface area contributed by atoms with Crippen LogP contribution in [0.15, 0.2) is 77.8 Å². The van der Waals surface area contributed by atoms with E-state index in [1.54, 1.807) is 12.4 Å². The maximum Gasteiger partial charge on any atom is 0.407 e. The Balaban J connectivity index is 1.01. The Hall–Kier alpha value is -5.43. The monoisotopic (exact) mass is 671 g/mol. The molecule has 254 valence electrons. The fourth-order valence-corrected chi connectivity index (χ4v) is 8.04. The van der Waals surface area contributed by atoms with Gasteiger partial charge in [-0.25, -0.2) is 19.4 Å². The molecule has 2 aliphatic heterocycles. The minimum absolute atomic E-state index is 0.211. The molecule has 1 aliphatic carbocycles. The van der Waals surface area contributed by atoms with Crippen molar-refractivity contribution in [2.45, 2.75) is 50.9 Å². The molecule has 1 unspecified atom stereocenters. The zero-order chi connectivity index (χ0) is 33.7. The van der Waals surface area contributed by atoms with Gasteiger partial charge in [0, 0.05) is 61.1 Å². The van der Waals surface area contributed by atoms with E-state index in [4.69, 9.17) is 29.1 Å². The van der Waals surface area contributed by atoms with E-state index in [9.17, 15) is 4.79 Å². The van der Waals surface area contributed by atoms with Crippen molar-refractivity contribution in [2.24, 2.45) is 11.8 Å². The number of hydrogen-bond donors (Lipinski definition) is 1. The topological polar surface area (TPSA) is 146 Å². The molecular weight excluding hydrogens is 634 g/mol. The van der Waals surface area contributed by atoms with Crippen molar-refractivity contribution in [3.05, 3.63) is 90.3 Å².